The van der Waals surface area contributed by atoms with Gasteiger partial charge >= 0.3 is 6.03 Å². The van der Waals surface area contributed by atoms with Crippen LogP contribution in [-0.4, -0.2) is 47.3 Å². The maximum Gasteiger partial charge on any atom is 0.325 e. The molecule has 3 rings (SSSR count). The first-order chi connectivity index (χ1) is 14.3. The molecule has 0 unspecified atom stereocenters. The third-order valence-electron chi connectivity index (χ3n) is 5.35. The molecule has 0 aromatic heterocycles. The molecule has 1 aliphatic rings. The molecule has 2 aromatic carbocycles. The first-order valence-corrected chi connectivity index (χ1v) is 9.88. The van der Waals surface area contributed by atoms with Crippen molar-refractivity contribution < 1.29 is 19.1 Å². The van der Waals surface area contributed by atoms with E-state index in [9.17, 15) is 14.4 Å². The Balaban J connectivity index is 1.79. The highest BCUT2D eigenvalue weighted by atomic mass is 16.5. The van der Waals surface area contributed by atoms with Crippen LogP contribution in [0.25, 0.3) is 0 Å². The van der Waals surface area contributed by atoms with Crippen LogP contribution in [0.1, 0.15) is 31.9 Å². The maximum absolute atomic E-state index is 13.2. The standard InChI is InChI=1S/C23H27N3O4/c1-16(2)25(14-17-9-6-5-7-10-17)20(27)15-26-21(28)23(3,24-22(26)29)18-11-8-12-19(13-18)30-4/h5-13,16H,14-15H2,1-4H3,(H,24,29)/t23-/m1/s1. The van der Waals surface area contributed by atoms with Crippen LogP contribution >= 0.6 is 0 Å². The molecule has 1 fully saturated rings. The number of methoxy groups -OCH3 is 1. The van der Waals surface area contributed by atoms with Gasteiger partial charge in [0.2, 0.25) is 5.91 Å². The van der Waals surface area contributed by atoms with Gasteiger partial charge in [-0.2, -0.15) is 0 Å². The third kappa shape index (κ3) is 4.15. The Labute approximate surface area is 176 Å². The molecule has 158 valence electrons. The van der Waals surface area contributed by atoms with Crippen molar-refractivity contribution in [1.82, 2.24) is 15.1 Å². The second-order valence-corrected chi connectivity index (χ2v) is 7.78. The van der Waals surface area contributed by atoms with Crippen molar-refractivity contribution in [3.8, 4) is 5.75 Å². The van der Waals surface area contributed by atoms with E-state index in [4.69, 9.17) is 4.74 Å². The largest absolute Gasteiger partial charge is 0.497 e. The highest BCUT2D eigenvalue weighted by molar-refractivity contribution is 6.09. The molecule has 7 nitrogen and oxygen atoms in total. The third-order valence-corrected chi connectivity index (χ3v) is 5.35. The lowest BCUT2D eigenvalue weighted by Crippen LogP contribution is -2.46. The zero-order valence-corrected chi connectivity index (χ0v) is 17.7. The fourth-order valence-electron chi connectivity index (χ4n) is 3.54. The SMILES string of the molecule is COc1cccc([C@@]2(C)NC(=O)N(CC(=O)N(Cc3ccccc3)C(C)C)C2=O)c1. The van der Waals surface area contributed by atoms with Crippen LogP contribution in [0.4, 0.5) is 4.79 Å². The lowest BCUT2D eigenvalue weighted by molar-refractivity contribution is -0.140. The van der Waals surface area contributed by atoms with E-state index in [1.807, 2.05) is 44.2 Å². The van der Waals surface area contributed by atoms with Gasteiger partial charge in [0.15, 0.2) is 0 Å². The van der Waals surface area contributed by atoms with Gasteiger partial charge in [0, 0.05) is 12.6 Å². The average Bonchev–Trinajstić information content (AvgIpc) is 2.96. The van der Waals surface area contributed by atoms with Crippen LogP contribution in [0, 0.1) is 0 Å². The number of benzene rings is 2. The van der Waals surface area contributed by atoms with Crippen LogP contribution in [0.2, 0.25) is 0 Å². The highest BCUT2D eigenvalue weighted by Gasteiger charge is 2.49. The summed E-state index contributed by atoms with van der Waals surface area (Å²) in [6, 6.07) is 15.9. The second-order valence-electron chi connectivity index (χ2n) is 7.78. The van der Waals surface area contributed by atoms with E-state index in [2.05, 4.69) is 5.32 Å². The molecule has 1 aliphatic heterocycles. The number of carbonyl (C=O) groups is 3. The van der Waals surface area contributed by atoms with Gasteiger partial charge in [0.05, 0.1) is 7.11 Å². The summed E-state index contributed by atoms with van der Waals surface area (Å²) in [5.74, 6) is -0.163. The molecule has 0 saturated carbocycles. The van der Waals surface area contributed by atoms with Gasteiger partial charge in [-0.1, -0.05) is 42.5 Å². The Morgan fingerprint density at radius 1 is 1.13 bits per heavy atom. The van der Waals surface area contributed by atoms with Gasteiger partial charge in [-0.25, -0.2) is 4.79 Å². The molecule has 30 heavy (non-hydrogen) atoms. The van der Waals surface area contributed by atoms with E-state index < -0.39 is 17.5 Å². The fraction of sp³-hybridized carbons (Fsp3) is 0.348. The van der Waals surface area contributed by atoms with Crippen LogP contribution < -0.4 is 10.1 Å². The van der Waals surface area contributed by atoms with E-state index in [0.717, 1.165) is 10.5 Å². The number of hydrogen-bond acceptors (Lipinski definition) is 4. The van der Waals surface area contributed by atoms with Crippen molar-refractivity contribution in [1.29, 1.82) is 0 Å². The van der Waals surface area contributed by atoms with E-state index in [-0.39, 0.29) is 18.5 Å². The number of imide groups is 1. The van der Waals surface area contributed by atoms with Gasteiger partial charge in [0.1, 0.15) is 17.8 Å². The molecular formula is C23H27N3O4. The van der Waals surface area contributed by atoms with Crippen molar-refractivity contribution in [3.05, 3.63) is 65.7 Å². The van der Waals surface area contributed by atoms with E-state index in [1.165, 1.54) is 7.11 Å². The van der Waals surface area contributed by atoms with Gasteiger partial charge in [-0.15, -0.1) is 0 Å². The van der Waals surface area contributed by atoms with Crippen LogP contribution in [0.5, 0.6) is 5.75 Å². The van der Waals surface area contributed by atoms with Crippen molar-refractivity contribution in [3.63, 3.8) is 0 Å². The average molecular weight is 409 g/mol. The highest BCUT2D eigenvalue weighted by Crippen LogP contribution is 2.31. The Bertz CT molecular complexity index is 944. The Hall–Kier alpha value is -3.35. The van der Waals surface area contributed by atoms with E-state index >= 15 is 0 Å². The molecule has 0 spiro atoms. The molecule has 4 amide bonds. The van der Waals surface area contributed by atoms with Gasteiger partial charge in [-0.05, 0) is 44.0 Å². The van der Waals surface area contributed by atoms with E-state index in [0.29, 0.717) is 17.9 Å². The first kappa shape index (κ1) is 21.4. The molecule has 1 saturated heterocycles. The number of rotatable bonds is 7. The molecule has 0 bridgehead atoms. The summed E-state index contributed by atoms with van der Waals surface area (Å²) in [6.45, 7) is 5.56. The molecule has 1 heterocycles. The number of urea groups is 1. The first-order valence-electron chi connectivity index (χ1n) is 9.88. The number of ether oxygens (including phenoxy) is 1. The minimum Gasteiger partial charge on any atom is -0.497 e. The molecule has 2 aromatic rings. The summed E-state index contributed by atoms with van der Waals surface area (Å²) in [5, 5.41) is 2.73. The monoisotopic (exact) mass is 409 g/mol. The molecule has 1 atom stereocenters. The van der Waals surface area contributed by atoms with Gasteiger partial charge in [0.25, 0.3) is 5.91 Å². The normalized spacial score (nSPS) is 18.5. The van der Waals surface area contributed by atoms with Crippen LogP contribution in [0.15, 0.2) is 54.6 Å². The van der Waals surface area contributed by atoms with Gasteiger partial charge < -0.3 is 15.0 Å². The Morgan fingerprint density at radius 3 is 2.47 bits per heavy atom. The Morgan fingerprint density at radius 2 is 1.83 bits per heavy atom. The summed E-state index contributed by atoms with van der Waals surface area (Å²) >= 11 is 0. The smallest absolute Gasteiger partial charge is 0.325 e. The number of amides is 4. The summed E-state index contributed by atoms with van der Waals surface area (Å²) in [4.78, 5) is 41.4. The summed E-state index contributed by atoms with van der Waals surface area (Å²) in [5.41, 5.74) is 0.326. The molecular weight excluding hydrogens is 382 g/mol. The maximum atomic E-state index is 13.2. The zero-order chi connectivity index (χ0) is 21.9. The van der Waals surface area contributed by atoms with Crippen molar-refractivity contribution in [2.24, 2.45) is 0 Å². The van der Waals surface area contributed by atoms with Crippen molar-refractivity contribution >= 4 is 17.8 Å². The summed E-state index contributed by atoms with van der Waals surface area (Å²) in [6.07, 6.45) is 0. The van der Waals surface area contributed by atoms with Crippen LogP contribution in [-0.2, 0) is 21.7 Å². The molecule has 0 aliphatic carbocycles. The molecule has 7 heteroatoms. The van der Waals surface area contributed by atoms with E-state index in [1.54, 1.807) is 36.1 Å². The predicted octanol–water partition coefficient (Wildman–Crippen LogP) is 2.90. The molecule has 0 radical (unpaired) electrons. The molecule has 1 N–H and O–H groups in total. The topological polar surface area (TPSA) is 79.0 Å². The van der Waals surface area contributed by atoms with Crippen molar-refractivity contribution in [2.75, 3.05) is 13.7 Å². The van der Waals surface area contributed by atoms with Crippen molar-refractivity contribution in [2.45, 2.75) is 38.9 Å². The quantitative estimate of drug-likeness (QED) is 0.713. The number of nitrogens with one attached hydrogen (secondary N) is 1. The predicted molar refractivity (Wildman–Crippen MR) is 113 cm³/mol. The van der Waals surface area contributed by atoms with Gasteiger partial charge in [-0.3, -0.25) is 14.5 Å². The fourth-order valence-corrected chi connectivity index (χ4v) is 3.54. The summed E-state index contributed by atoms with van der Waals surface area (Å²) in [7, 11) is 1.54. The minimum atomic E-state index is -1.26. The second kappa shape index (κ2) is 8.57. The number of hydrogen-bond donors (Lipinski definition) is 1. The zero-order valence-electron chi connectivity index (χ0n) is 17.7. The summed E-state index contributed by atoms with van der Waals surface area (Å²) < 4.78 is 5.23. The lowest BCUT2D eigenvalue weighted by atomic mass is 9.92. The lowest BCUT2D eigenvalue weighted by Gasteiger charge is -2.28. The van der Waals surface area contributed by atoms with Crippen LogP contribution in [0.3, 0.4) is 0 Å². The number of nitrogens with zero attached hydrogens (tertiary/aromatic N) is 2. The minimum absolute atomic E-state index is 0.0803. The Kier molecular flexibility index (Phi) is 6.10. The number of carbonyl (C=O) groups excluding carboxylic acids is 3.